The predicted octanol–water partition coefficient (Wildman–Crippen LogP) is 6.26. The number of hydrogen-bond donors (Lipinski definition) is 0. The van der Waals surface area contributed by atoms with Gasteiger partial charge in [0.1, 0.15) is 0 Å². The van der Waals surface area contributed by atoms with Gasteiger partial charge in [0.05, 0.1) is 10.8 Å². The first-order chi connectivity index (χ1) is 9.38. The first-order valence-electron chi connectivity index (χ1n) is 8.77. The maximum absolute atomic E-state index is 8.64. The van der Waals surface area contributed by atoms with Crippen LogP contribution in [0.3, 0.4) is 0 Å². The van der Waals surface area contributed by atoms with Gasteiger partial charge in [-0.3, -0.25) is 0 Å². The van der Waals surface area contributed by atoms with Gasteiger partial charge in [-0.05, 0) is 44.1 Å². The van der Waals surface area contributed by atoms with Crippen LogP contribution in [-0.2, 0) is 0 Å². The molecule has 18 heavy (non-hydrogen) atoms. The number of allylic oxidation sites excluding steroid dienone is 3. The zero-order chi connectivity index (χ0) is 15.2. The van der Waals surface area contributed by atoms with Gasteiger partial charge in [-0.2, -0.15) is 0 Å². The second kappa shape index (κ2) is 7.99. The van der Waals surface area contributed by atoms with Crippen LogP contribution in [0.25, 0.3) is 0 Å². The van der Waals surface area contributed by atoms with Crippen LogP contribution in [0.1, 0.15) is 67.5 Å². The summed E-state index contributed by atoms with van der Waals surface area (Å²) in [7, 11) is -1.59. The number of rotatable bonds is 5. The minimum Gasteiger partial charge on any atom is -0.0916 e. The van der Waals surface area contributed by atoms with Crippen LogP contribution in [0.2, 0.25) is 19.6 Å². The molecule has 0 fully saturated rings. The first kappa shape index (κ1) is 12.7. The molecule has 0 spiro atoms. The molecule has 1 aliphatic carbocycles. The molecule has 0 heterocycles. The Morgan fingerprint density at radius 3 is 2.72 bits per heavy atom. The van der Waals surface area contributed by atoms with E-state index >= 15 is 0 Å². The highest BCUT2D eigenvalue weighted by Crippen LogP contribution is 2.27. The molecule has 0 amide bonds. The SMILES string of the molecule is [2H]C(=C(CCCC)/C1=C(\[2H])CCCCCC1)[Si](C)(C)C. The summed E-state index contributed by atoms with van der Waals surface area (Å²) in [5.74, 6) is 0. The summed E-state index contributed by atoms with van der Waals surface area (Å²) in [5.41, 5.74) is 3.38. The molecule has 104 valence electrons. The van der Waals surface area contributed by atoms with Gasteiger partial charge in [0.25, 0.3) is 0 Å². The molecule has 0 nitrogen and oxygen atoms in total. The highest BCUT2D eigenvalue weighted by Gasteiger charge is 2.14. The van der Waals surface area contributed by atoms with Gasteiger partial charge in [0.2, 0.25) is 0 Å². The van der Waals surface area contributed by atoms with E-state index in [1.165, 1.54) is 36.8 Å². The smallest absolute Gasteiger partial charge is 0.0690 e. The summed E-state index contributed by atoms with van der Waals surface area (Å²) in [6.45, 7) is 8.99. The third-order valence-corrected chi connectivity index (χ3v) is 4.41. The number of unbranched alkanes of at least 4 members (excludes halogenated alkanes) is 1. The third kappa shape index (κ3) is 6.58. The van der Waals surface area contributed by atoms with E-state index in [1.54, 1.807) is 0 Å². The zero-order valence-corrected chi connectivity index (χ0v) is 13.9. The van der Waals surface area contributed by atoms with Crippen LogP contribution in [0.15, 0.2) is 22.9 Å². The molecule has 1 rings (SSSR count). The Balaban J connectivity index is 3.17. The summed E-state index contributed by atoms with van der Waals surface area (Å²) >= 11 is 0. The first-order valence-corrected chi connectivity index (χ1v) is 11.3. The Hall–Kier alpha value is -0.303. The summed E-state index contributed by atoms with van der Waals surface area (Å²) in [5, 5.41) is 0. The van der Waals surface area contributed by atoms with Gasteiger partial charge in [0, 0.05) is 0 Å². The third-order valence-electron chi connectivity index (χ3n) is 3.36. The van der Waals surface area contributed by atoms with Crippen LogP contribution in [0, 0.1) is 0 Å². The van der Waals surface area contributed by atoms with Crippen molar-refractivity contribution in [3.05, 3.63) is 22.9 Å². The van der Waals surface area contributed by atoms with Gasteiger partial charge in [-0.15, -0.1) is 0 Å². The average molecular weight is 267 g/mol. The Morgan fingerprint density at radius 2 is 2.06 bits per heavy atom. The molecule has 0 radical (unpaired) electrons. The molecule has 0 saturated carbocycles. The van der Waals surface area contributed by atoms with Crippen LogP contribution in [0.5, 0.6) is 0 Å². The summed E-state index contributed by atoms with van der Waals surface area (Å²) in [6.07, 6.45) is 10.2. The molecule has 0 bridgehead atoms. The van der Waals surface area contributed by atoms with Gasteiger partial charge < -0.3 is 0 Å². The molecule has 0 aromatic carbocycles. The standard InChI is InChI=1S/C17H32Si/c1-5-6-12-17(15-18(2,3)4)16-13-10-8-7-9-11-14-16/h13,15H,5-12,14H2,1-4H3/b16-13+,17-15?/i13D,15D. The fourth-order valence-corrected chi connectivity index (χ4v) is 3.64. The summed E-state index contributed by atoms with van der Waals surface area (Å²) < 4.78 is 17.0. The Labute approximate surface area is 118 Å². The maximum atomic E-state index is 8.64. The van der Waals surface area contributed by atoms with E-state index in [2.05, 4.69) is 26.6 Å². The molecular weight excluding hydrogens is 232 g/mol. The molecule has 1 heteroatoms. The average Bonchev–Trinajstić information content (AvgIpc) is 2.35. The predicted molar refractivity (Wildman–Crippen MR) is 86.7 cm³/mol. The van der Waals surface area contributed by atoms with Gasteiger partial charge in [0.15, 0.2) is 0 Å². The van der Waals surface area contributed by atoms with Gasteiger partial charge >= 0.3 is 0 Å². The van der Waals surface area contributed by atoms with Crippen molar-refractivity contribution in [3.63, 3.8) is 0 Å². The van der Waals surface area contributed by atoms with Crippen molar-refractivity contribution in [1.82, 2.24) is 0 Å². The van der Waals surface area contributed by atoms with Crippen LogP contribution >= 0.6 is 0 Å². The number of hydrogen-bond acceptors (Lipinski definition) is 0. The van der Waals surface area contributed by atoms with Crippen LogP contribution < -0.4 is 0 Å². The molecule has 0 aromatic heterocycles. The summed E-state index contributed by atoms with van der Waals surface area (Å²) in [4.78, 5) is 0. The lowest BCUT2D eigenvalue weighted by atomic mass is 9.93. The molecule has 0 unspecified atom stereocenters. The second-order valence-electron chi connectivity index (χ2n) is 6.53. The lowest BCUT2D eigenvalue weighted by molar-refractivity contribution is 0.623. The lowest BCUT2D eigenvalue weighted by Crippen LogP contribution is -2.17. The van der Waals surface area contributed by atoms with Crippen LogP contribution in [-0.4, -0.2) is 8.07 Å². The molecular formula is C17H32Si. The maximum Gasteiger partial charge on any atom is 0.0690 e. The van der Waals surface area contributed by atoms with Gasteiger partial charge in [-0.1, -0.05) is 63.1 Å². The fraction of sp³-hybridized carbons (Fsp3) is 0.765. The molecule has 0 N–H and O–H groups in total. The van der Waals surface area contributed by atoms with Crippen molar-refractivity contribution in [3.8, 4) is 0 Å². The molecule has 1 aliphatic rings. The van der Waals surface area contributed by atoms with E-state index in [1.807, 2.05) is 0 Å². The molecule has 0 atom stereocenters. The topological polar surface area (TPSA) is 0 Å². The minimum absolute atomic E-state index is 0.832. The Kier molecular flexibility index (Phi) is 5.64. The largest absolute Gasteiger partial charge is 0.0916 e. The van der Waals surface area contributed by atoms with Gasteiger partial charge in [-0.25, -0.2) is 0 Å². The fourth-order valence-electron chi connectivity index (χ4n) is 2.46. The van der Waals surface area contributed by atoms with E-state index in [4.69, 9.17) is 2.74 Å². The highest BCUT2D eigenvalue weighted by atomic mass is 28.3. The minimum atomic E-state index is -1.59. The molecule has 0 aliphatic heterocycles. The molecule has 0 aromatic rings. The lowest BCUT2D eigenvalue weighted by Gasteiger charge is -2.19. The zero-order valence-electron chi connectivity index (χ0n) is 14.9. The molecule has 0 saturated heterocycles. The van der Waals surface area contributed by atoms with E-state index in [-0.39, 0.29) is 0 Å². The van der Waals surface area contributed by atoms with Crippen molar-refractivity contribution in [2.24, 2.45) is 0 Å². The van der Waals surface area contributed by atoms with Crippen molar-refractivity contribution < 1.29 is 2.74 Å². The Morgan fingerprint density at radius 1 is 1.33 bits per heavy atom. The van der Waals surface area contributed by atoms with Crippen LogP contribution in [0.4, 0.5) is 0 Å². The van der Waals surface area contributed by atoms with E-state index in [9.17, 15) is 0 Å². The quantitative estimate of drug-likeness (QED) is 0.515. The van der Waals surface area contributed by atoms with Crippen molar-refractivity contribution in [2.45, 2.75) is 84.4 Å². The highest BCUT2D eigenvalue weighted by molar-refractivity contribution is 6.81. The van der Waals surface area contributed by atoms with Crippen molar-refractivity contribution in [2.75, 3.05) is 0 Å². The Bertz CT molecular complexity index is 375. The van der Waals surface area contributed by atoms with E-state index in [0.29, 0.717) is 0 Å². The van der Waals surface area contributed by atoms with Crippen molar-refractivity contribution in [1.29, 1.82) is 0 Å². The second-order valence-corrected chi connectivity index (χ2v) is 11.3. The summed E-state index contributed by atoms with van der Waals surface area (Å²) in [6, 6.07) is 0.832. The monoisotopic (exact) mass is 266 g/mol. The van der Waals surface area contributed by atoms with Crippen molar-refractivity contribution >= 4 is 8.07 Å². The van der Waals surface area contributed by atoms with E-state index in [0.717, 1.165) is 43.8 Å². The normalized spacial score (nSPS) is 25.8. The van der Waals surface area contributed by atoms with E-state index < -0.39 is 8.07 Å².